The molecule has 0 bridgehead atoms. The number of carbonyl (C=O) groups excluding carboxylic acids is 3. The quantitative estimate of drug-likeness (QED) is 0.499. The summed E-state index contributed by atoms with van der Waals surface area (Å²) in [5.41, 5.74) is -0.485. The highest BCUT2D eigenvalue weighted by atomic mass is 79.9. The Morgan fingerprint density at radius 1 is 1.07 bits per heavy atom. The van der Waals surface area contributed by atoms with Crippen LogP contribution in [-0.2, 0) is 23.8 Å². The number of carbonyl (C=O) groups is 3. The van der Waals surface area contributed by atoms with Gasteiger partial charge in [0.2, 0.25) is 0 Å². The monoisotopic (exact) mass is 453 g/mol. The Morgan fingerprint density at radius 3 is 2.32 bits per heavy atom. The maximum atomic E-state index is 15.0. The van der Waals surface area contributed by atoms with E-state index in [0.717, 1.165) is 25.2 Å². The number of hydrogen-bond donors (Lipinski definition) is 0. The van der Waals surface area contributed by atoms with Gasteiger partial charge in [-0.25, -0.2) is 18.8 Å². The van der Waals surface area contributed by atoms with Crippen molar-refractivity contribution < 1.29 is 33.0 Å². The zero-order chi connectivity index (χ0) is 20.8. The predicted octanol–water partition coefficient (Wildman–Crippen LogP) is 3.25. The summed E-state index contributed by atoms with van der Waals surface area (Å²) in [5, 5.41) is 0. The maximum absolute atomic E-state index is 15.0. The molecular weight excluding hydrogens is 437 g/mol. The zero-order valence-corrected chi connectivity index (χ0v) is 16.9. The van der Waals surface area contributed by atoms with Crippen molar-refractivity contribution in [1.82, 2.24) is 0 Å². The van der Waals surface area contributed by atoms with E-state index in [1.54, 1.807) is 6.92 Å². The van der Waals surface area contributed by atoms with Gasteiger partial charge in [0.1, 0.15) is 11.5 Å². The number of allylic oxidation sites excluding steroid dienone is 2. The Labute approximate surface area is 169 Å². The van der Waals surface area contributed by atoms with Crippen molar-refractivity contribution >= 4 is 39.5 Å². The molecule has 0 atom stereocenters. The van der Waals surface area contributed by atoms with Gasteiger partial charge >= 0.3 is 17.9 Å². The molecule has 7 nitrogen and oxygen atoms in total. The van der Waals surface area contributed by atoms with E-state index in [1.165, 1.54) is 30.5 Å². The number of halogens is 2. The van der Waals surface area contributed by atoms with E-state index in [9.17, 15) is 18.8 Å². The molecule has 1 aliphatic rings. The standard InChI is InChI=1S/C19H17BrFNO6/c1-4-28-17(23)11-9-13(20)16(14(21)10-11)22-8-6-5-7-12(18(24)26-2)15(22)19(25)27-3/h5-10H,4H2,1-3H3. The third kappa shape index (κ3) is 4.30. The number of ether oxygens (including phenoxy) is 3. The minimum atomic E-state index is -0.877. The van der Waals surface area contributed by atoms with Crippen LogP contribution in [0.2, 0.25) is 0 Å². The van der Waals surface area contributed by atoms with E-state index in [4.69, 9.17) is 14.2 Å². The van der Waals surface area contributed by atoms with Gasteiger partial charge in [-0.3, -0.25) is 0 Å². The highest BCUT2D eigenvalue weighted by Crippen LogP contribution is 2.35. The van der Waals surface area contributed by atoms with Crippen molar-refractivity contribution in [3.05, 3.63) is 63.7 Å². The first-order valence-electron chi connectivity index (χ1n) is 8.06. The van der Waals surface area contributed by atoms with Crippen molar-refractivity contribution in [1.29, 1.82) is 0 Å². The van der Waals surface area contributed by atoms with Gasteiger partial charge in [-0.05, 0) is 47.1 Å². The summed E-state index contributed by atoms with van der Waals surface area (Å²) in [4.78, 5) is 37.6. The van der Waals surface area contributed by atoms with Gasteiger partial charge in [-0.15, -0.1) is 0 Å². The molecule has 1 heterocycles. The molecule has 0 amide bonds. The predicted molar refractivity (Wildman–Crippen MR) is 102 cm³/mol. The summed E-state index contributed by atoms with van der Waals surface area (Å²) in [7, 11) is 2.29. The van der Waals surface area contributed by atoms with Crippen molar-refractivity contribution in [2.24, 2.45) is 0 Å². The highest BCUT2D eigenvalue weighted by Gasteiger charge is 2.30. The first-order chi connectivity index (χ1) is 13.3. The number of methoxy groups -OCH3 is 2. The molecule has 2 rings (SSSR count). The number of esters is 3. The van der Waals surface area contributed by atoms with E-state index in [-0.39, 0.29) is 33.6 Å². The van der Waals surface area contributed by atoms with Crippen molar-refractivity contribution in [3.63, 3.8) is 0 Å². The molecule has 0 aromatic heterocycles. The molecule has 0 radical (unpaired) electrons. The Balaban J connectivity index is 2.68. The summed E-state index contributed by atoms with van der Waals surface area (Å²) in [5.74, 6) is -3.20. The average molecular weight is 454 g/mol. The van der Waals surface area contributed by atoms with Crippen LogP contribution >= 0.6 is 15.9 Å². The third-order valence-corrected chi connectivity index (χ3v) is 4.26. The number of anilines is 1. The van der Waals surface area contributed by atoms with Gasteiger partial charge in [-0.2, -0.15) is 0 Å². The van der Waals surface area contributed by atoms with Gasteiger partial charge in [0.05, 0.1) is 37.7 Å². The van der Waals surface area contributed by atoms with Crippen LogP contribution in [-0.4, -0.2) is 38.7 Å². The molecule has 1 aliphatic heterocycles. The maximum Gasteiger partial charge on any atom is 0.355 e. The van der Waals surface area contributed by atoms with Crippen LogP contribution in [0.25, 0.3) is 0 Å². The molecule has 1 aromatic carbocycles. The molecule has 9 heteroatoms. The smallest absolute Gasteiger partial charge is 0.355 e. The Bertz CT molecular complexity index is 883. The molecular formula is C19H17BrFNO6. The summed E-state index contributed by atoms with van der Waals surface area (Å²) in [6.45, 7) is 1.77. The van der Waals surface area contributed by atoms with E-state index >= 15 is 0 Å². The fourth-order valence-corrected chi connectivity index (χ4v) is 3.09. The second-order valence-electron chi connectivity index (χ2n) is 5.33. The highest BCUT2D eigenvalue weighted by molar-refractivity contribution is 9.10. The lowest BCUT2D eigenvalue weighted by atomic mass is 10.1. The lowest BCUT2D eigenvalue weighted by Gasteiger charge is -2.24. The summed E-state index contributed by atoms with van der Waals surface area (Å²) in [6, 6.07) is 2.34. The van der Waals surface area contributed by atoms with Gasteiger partial charge in [0, 0.05) is 10.7 Å². The first-order valence-corrected chi connectivity index (χ1v) is 8.86. The van der Waals surface area contributed by atoms with Gasteiger partial charge in [-0.1, -0.05) is 6.08 Å². The molecule has 0 spiro atoms. The van der Waals surface area contributed by atoms with E-state index in [0.29, 0.717) is 0 Å². The summed E-state index contributed by atoms with van der Waals surface area (Å²) < 4.78 is 29.5. The van der Waals surface area contributed by atoms with Crippen LogP contribution in [0.5, 0.6) is 0 Å². The molecule has 0 unspecified atom stereocenters. The second kappa shape index (κ2) is 9.32. The molecule has 0 saturated heterocycles. The van der Waals surface area contributed by atoms with Crippen molar-refractivity contribution in [3.8, 4) is 0 Å². The molecule has 0 aliphatic carbocycles. The zero-order valence-electron chi connectivity index (χ0n) is 15.3. The molecule has 28 heavy (non-hydrogen) atoms. The Kier molecular flexibility index (Phi) is 7.11. The van der Waals surface area contributed by atoms with Crippen LogP contribution in [0.1, 0.15) is 17.3 Å². The van der Waals surface area contributed by atoms with Crippen LogP contribution < -0.4 is 4.90 Å². The Hall–Kier alpha value is -2.94. The number of hydrogen-bond acceptors (Lipinski definition) is 7. The molecule has 1 aromatic rings. The summed E-state index contributed by atoms with van der Waals surface area (Å²) >= 11 is 3.22. The topological polar surface area (TPSA) is 82.1 Å². The number of nitrogens with zero attached hydrogens (tertiary/aromatic N) is 1. The second-order valence-corrected chi connectivity index (χ2v) is 6.18. The third-order valence-electron chi connectivity index (χ3n) is 3.66. The Morgan fingerprint density at radius 2 is 1.75 bits per heavy atom. The number of benzene rings is 1. The first kappa shape index (κ1) is 21.4. The van der Waals surface area contributed by atoms with Crippen LogP contribution in [0.4, 0.5) is 10.1 Å². The minimum Gasteiger partial charge on any atom is -0.465 e. The lowest BCUT2D eigenvalue weighted by molar-refractivity contribution is -0.139. The largest absolute Gasteiger partial charge is 0.465 e. The lowest BCUT2D eigenvalue weighted by Crippen LogP contribution is -2.28. The molecule has 0 saturated carbocycles. The van der Waals surface area contributed by atoms with E-state index < -0.39 is 23.7 Å². The van der Waals surface area contributed by atoms with Gasteiger partial charge in [0.25, 0.3) is 0 Å². The molecule has 148 valence electrons. The number of rotatable bonds is 5. The normalized spacial score (nSPS) is 13.2. The van der Waals surface area contributed by atoms with Crippen molar-refractivity contribution in [2.45, 2.75) is 6.92 Å². The van der Waals surface area contributed by atoms with E-state index in [2.05, 4.69) is 15.9 Å². The molecule has 0 N–H and O–H groups in total. The van der Waals surface area contributed by atoms with Gasteiger partial charge < -0.3 is 19.1 Å². The van der Waals surface area contributed by atoms with Gasteiger partial charge in [0.15, 0.2) is 0 Å². The molecule has 0 fully saturated rings. The SMILES string of the molecule is CCOC(=O)c1cc(F)c(N2C=CC=CC(C(=O)OC)=C2C(=O)OC)c(Br)c1. The fourth-order valence-electron chi connectivity index (χ4n) is 2.46. The van der Waals surface area contributed by atoms with Crippen LogP contribution in [0.3, 0.4) is 0 Å². The minimum absolute atomic E-state index is 0.0105. The van der Waals surface area contributed by atoms with Crippen LogP contribution in [0, 0.1) is 5.82 Å². The van der Waals surface area contributed by atoms with Crippen LogP contribution in [0.15, 0.2) is 52.3 Å². The average Bonchev–Trinajstić information content (AvgIpc) is 2.89. The van der Waals surface area contributed by atoms with Crippen molar-refractivity contribution in [2.75, 3.05) is 25.7 Å². The summed E-state index contributed by atoms with van der Waals surface area (Å²) in [6.07, 6.45) is 5.73. The van der Waals surface area contributed by atoms with E-state index in [1.807, 2.05) is 0 Å². The fraction of sp³-hybridized carbons (Fsp3) is 0.211.